The number of aliphatic hydroxyl groups is 1. The molecular weight excluding hydrogens is 214 g/mol. The number of ether oxygens (including phenoxy) is 1. The molecule has 0 aliphatic rings. The summed E-state index contributed by atoms with van der Waals surface area (Å²) in [5.41, 5.74) is 2.64. The molecule has 0 fully saturated rings. The van der Waals surface area contributed by atoms with Crippen LogP contribution in [0.1, 0.15) is 22.8 Å². The Balaban J connectivity index is 2.32. The summed E-state index contributed by atoms with van der Waals surface area (Å²) in [5.74, 6) is 0.826. The van der Waals surface area contributed by atoms with E-state index in [9.17, 15) is 5.11 Å². The van der Waals surface area contributed by atoms with Crippen molar-refractivity contribution >= 4 is 0 Å². The molecule has 1 N–H and O–H groups in total. The molecule has 1 aromatic heterocycles. The van der Waals surface area contributed by atoms with Crippen molar-refractivity contribution in [2.24, 2.45) is 0 Å². The van der Waals surface area contributed by atoms with E-state index in [-0.39, 0.29) is 0 Å². The number of hydrogen-bond acceptors (Lipinski definition) is 3. The fourth-order valence-electron chi connectivity index (χ4n) is 1.80. The number of aliphatic hydroxyl groups excluding tert-OH is 1. The highest BCUT2D eigenvalue weighted by molar-refractivity contribution is 5.39. The van der Waals surface area contributed by atoms with Crippen LogP contribution in [0.5, 0.6) is 5.75 Å². The van der Waals surface area contributed by atoms with Gasteiger partial charge in [-0.15, -0.1) is 0 Å². The van der Waals surface area contributed by atoms with Gasteiger partial charge in [-0.3, -0.25) is 4.98 Å². The van der Waals surface area contributed by atoms with Crippen LogP contribution in [-0.4, -0.2) is 17.2 Å². The van der Waals surface area contributed by atoms with E-state index in [2.05, 4.69) is 4.98 Å². The predicted molar refractivity (Wildman–Crippen MR) is 66.0 cm³/mol. The highest BCUT2D eigenvalue weighted by Crippen LogP contribution is 2.26. The Morgan fingerprint density at radius 2 is 2.06 bits per heavy atom. The Morgan fingerprint density at radius 1 is 1.24 bits per heavy atom. The van der Waals surface area contributed by atoms with Crippen molar-refractivity contribution in [3.8, 4) is 5.75 Å². The lowest BCUT2D eigenvalue weighted by molar-refractivity contribution is 0.219. The van der Waals surface area contributed by atoms with Crippen LogP contribution >= 0.6 is 0 Å². The number of benzene rings is 1. The summed E-state index contributed by atoms with van der Waals surface area (Å²) in [6, 6.07) is 9.33. The molecule has 3 heteroatoms. The van der Waals surface area contributed by atoms with Gasteiger partial charge in [0.05, 0.1) is 7.11 Å². The van der Waals surface area contributed by atoms with Crippen molar-refractivity contribution in [2.75, 3.05) is 7.11 Å². The fourth-order valence-corrected chi connectivity index (χ4v) is 1.80. The third kappa shape index (κ3) is 2.45. The first kappa shape index (κ1) is 11.6. The molecule has 2 rings (SSSR count). The number of hydrogen-bond donors (Lipinski definition) is 1. The Labute approximate surface area is 101 Å². The quantitative estimate of drug-likeness (QED) is 0.879. The highest BCUT2D eigenvalue weighted by Gasteiger charge is 2.11. The Morgan fingerprint density at radius 3 is 2.65 bits per heavy atom. The Bertz CT molecular complexity index is 497. The van der Waals surface area contributed by atoms with Crippen LogP contribution in [0.25, 0.3) is 0 Å². The van der Waals surface area contributed by atoms with Gasteiger partial charge in [0.1, 0.15) is 11.9 Å². The molecule has 0 spiro atoms. The van der Waals surface area contributed by atoms with Crippen LogP contribution < -0.4 is 4.74 Å². The van der Waals surface area contributed by atoms with Gasteiger partial charge in [-0.05, 0) is 36.2 Å². The molecule has 0 bridgehead atoms. The normalized spacial score (nSPS) is 12.2. The summed E-state index contributed by atoms with van der Waals surface area (Å²) >= 11 is 0. The molecule has 1 unspecified atom stereocenters. The van der Waals surface area contributed by atoms with E-state index < -0.39 is 6.10 Å². The minimum absolute atomic E-state index is 0.645. The van der Waals surface area contributed by atoms with Gasteiger partial charge in [-0.25, -0.2) is 0 Å². The fraction of sp³-hybridized carbons (Fsp3) is 0.214. The van der Waals surface area contributed by atoms with Crippen molar-refractivity contribution in [1.82, 2.24) is 4.98 Å². The molecule has 1 atom stereocenters. The third-order valence-corrected chi connectivity index (χ3v) is 2.73. The maximum Gasteiger partial charge on any atom is 0.121 e. The van der Waals surface area contributed by atoms with Crippen molar-refractivity contribution in [2.45, 2.75) is 13.0 Å². The molecule has 0 amide bonds. The summed E-state index contributed by atoms with van der Waals surface area (Å²) in [6.45, 7) is 1.96. The average Bonchev–Trinajstić information content (AvgIpc) is 2.39. The van der Waals surface area contributed by atoms with Crippen LogP contribution in [0, 0.1) is 6.92 Å². The van der Waals surface area contributed by atoms with Crippen molar-refractivity contribution < 1.29 is 9.84 Å². The van der Waals surface area contributed by atoms with E-state index in [1.165, 1.54) is 0 Å². The SMILES string of the molecule is COc1ccc(C(O)c2cccnc2)cc1C. The number of methoxy groups -OCH3 is 1. The molecule has 2 aromatic rings. The van der Waals surface area contributed by atoms with Crippen molar-refractivity contribution in [1.29, 1.82) is 0 Å². The lowest BCUT2D eigenvalue weighted by Crippen LogP contribution is -2.01. The zero-order chi connectivity index (χ0) is 12.3. The van der Waals surface area contributed by atoms with Crippen LogP contribution in [-0.2, 0) is 0 Å². The van der Waals surface area contributed by atoms with Gasteiger partial charge >= 0.3 is 0 Å². The van der Waals surface area contributed by atoms with E-state index in [1.54, 1.807) is 19.5 Å². The summed E-state index contributed by atoms with van der Waals surface area (Å²) in [6.07, 6.45) is 2.72. The van der Waals surface area contributed by atoms with Crippen LogP contribution in [0.15, 0.2) is 42.7 Å². The van der Waals surface area contributed by atoms with Gasteiger partial charge < -0.3 is 9.84 Å². The lowest BCUT2D eigenvalue weighted by atomic mass is 10.0. The molecule has 0 saturated carbocycles. The molecule has 0 saturated heterocycles. The van der Waals surface area contributed by atoms with Gasteiger partial charge in [0.15, 0.2) is 0 Å². The molecule has 0 radical (unpaired) electrons. The number of pyridine rings is 1. The first-order valence-electron chi connectivity index (χ1n) is 5.45. The van der Waals surface area contributed by atoms with E-state index >= 15 is 0 Å². The summed E-state index contributed by atoms with van der Waals surface area (Å²) in [7, 11) is 1.64. The van der Waals surface area contributed by atoms with Crippen molar-refractivity contribution in [3.05, 3.63) is 59.4 Å². The van der Waals surface area contributed by atoms with Gasteiger partial charge in [-0.2, -0.15) is 0 Å². The van der Waals surface area contributed by atoms with Gasteiger partial charge in [0, 0.05) is 18.0 Å². The number of rotatable bonds is 3. The molecule has 1 heterocycles. The van der Waals surface area contributed by atoms with Gasteiger partial charge in [-0.1, -0.05) is 12.1 Å². The zero-order valence-corrected chi connectivity index (χ0v) is 9.92. The van der Waals surface area contributed by atoms with Crippen LogP contribution in [0.3, 0.4) is 0 Å². The molecule has 0 aliphatic heterocycles. The summed E-state index contributed by atoms with van der Waals surface area (Å²) in [5, 5.41) is 10.2. The van der Waals surface area contributed by atoms with Crippen molar-refractivity contribution in [3.63, 3.8) is 0 Å². The molecule has 17 heavy (non-hydrogen) atoms. The van der Waals surface area contributed by atoms with E-state index in [0.29, 0.717) is 0 Å². The maximum absolute atomic E-state index is 10.2. The molecule has 3 nitrogen and oxygen atoms in total. The molecule has 0 aliphatic carbocycles. The minimum Gasteiger partial charge on any atom is -0.496 e. The molecule has 88 valence electrons. The van der Waals surface area contributed by atoms with Gasteiger partial charge in [0.25, 0.3) is 0 Å². The number of nitrogens with zero attached hydrogens (tertiary/aromatic N) is 1. The first-order chi connectivity index (χ1) is 8.22. The molecule has 1 aromatic carbocycles. The van der Waals surface area contributed by atoms with Crippen LogP contribution in [0.4, 0.5) is 0 Å². The second kappa shape index (κ2) is 4.97. The van der Waals surface area contributed by atoms with E-state index in [4.69, 9.17) is 4.74 Å². The topological polar surface area (TPSA) is 42.4 Å². The monoisotopic (exact) mass is 229 g/mol. The summed E-state index contributed by atoms with van der Waals surface area (Å²) < 4.78 is 5.19. The first-order valence-corrected chi connectivity index (χ1v) is 5.45. The maximum atomic E-state index is 10.2. The smallest absolute Gasteiger partial charge is 0.121 e. The Hall–Kier alpha value is -1.87. The highest BCUT2D eigenvalue weighted by atomic mass is 16.5. The zero-order valence-electron chi connectivity index (χ0n) is 9.92. The number of aromatic nitrogens is 1. The average molecular weight is 229 g/mol. The summed E-state index contributed by atoms with van der Waals surface area (Å²) in [4.78, 5) is 4.00. The second-order valence-electron chi connectivity index (χ2n) is 3.92. The lowest BCUT2D eigenvalue weighted by Gasteiger charge is -2.13. The van der Waals surface area contributed by atoms with Crippen LogP contribution in [0.2, 0.25) is 0 Å². The molecular formula is C14H15NO2. The Kier molecular flexibility index (Phi) is 3.40. The van der Waals surface area contributed by atoms with Gasteiger partial charge in [0.2, 0.25) is 0 Å². The largest absolute Gasteiger partial charge is 0.496 e. The predicted octanol–water partition coefficient (Wildman–Crippen LogP) is 2.48. The second-order valence-corrected chi connectivity index (χ2v) is 3.92. The number of aryl methyl sites for hydroxylation is 1. The van der Waals surface area contributed by atoms with E-state index in [1.807, 2.05) is 37.3 Å². The standard InChI is InChI=1S/C14H15NO2/c1-10-8-11(5-6-13(10)17-2)14(16)12-4-3-7-15-9-12/h3-9,14,16H,1-2H3. The van der Waals surface area contributed by atoms with E-state index in [0.717, 1.165) is 22.4 Å². The third-order valence-electron chi connectivity index (χ3n) is 2.73. The minimum atomic E-state index is -0.645.